The van der Waals surface area contributed by atoms with Crippen LogP contribution < -0.4 is 10.1 Å². The van der Waals surface area contributed by atoms with Gasteiger partial charge in [0.15, 0.2) is 0 Å². The monoisotopic (exact) mass is 370 g/mol. The van der Waals surface area contributed by atoms with Crippen molar-refractivity contribution in [3.63, 3.8) is 0 Å². The average molecular weight is 370 g/mol. The minimum atomic E-state index is -0.348. The van der Waals surface area contributed by atoms with Gasteiger partial charge in [0.25, 0.3) is 0 Å². The van der Waals surface area contributed by atoms with E-state index in [0.29, 0.717) is 6.42 Å². The van der Waals surface area contributed by atoms with Crippen LogP contribution in [0.2, 0.25) is 0 Å². The quantitative estimate of drug-likeness (QED) is 0.848. The van der Waals surface area contributed by atoms with E-state index >= 15 is 0 Å². The van der Waals surface area contributed by atoms with Gasteiger partial charge < -0.3 is 15.0 Å². The topological polar surface area (TPSA) is 41.6 Å². The summed E-state index contributed by atoms with van der Waals surface area (Å²) in [5.74, 6) is 0.149. The normalized spacial score (nSPS) is 16.7. The zero-order chi connectivity index (χ0) is 19.2. The summed E-state index contributed by atoms with van der Waals surface area (Å²) in [4.78, 5) is 15.3. The van der Waals surface area contributed by atoms with Gasteiger partial charge in [-0.05, 0) is 74.8 Å². The van der Waals surface area contributed by atoms with Gasteiger partial charge in [0.2, 0.25) is 5.91 Å². The smallest absolute Gasteiger partial charge is 0.228 e. The molecule has 1 aliphatic heterocycles. The molecule has 0 spiro atoms. The fraction of sp³-hybridized carbons (Fsp3) is 0.409. The number of carbonyl (C=O) groups excluding carboxylic acids is 1. The van der Waals surface area contributed by atoms with Crippen molar-refractivity contribution in [3.05, 3.63) is 65.5 Å². The first kappa shape index (κ1) is 19.4. The largest absolute Gasteiger partial charge is 0.497 e. The average Bonchev–Trinajstić information content (AvgIpc) is 2.69. The minimum Gasteiger partial charge on any atom is -0.497 e. The molecule has 0 aliphatic carbocycles. The van der Waals surface area contributed by atoms with Crippen LogP contribution in [0, 0.1) is 5.82 Å². The molecule has 2 aromatic carbocycles. The van der Waals surface area contributed by atoms with Gasteiger partial charge in [0, 0.05) is 6.04 Å². The second-order valence-electron chi connectivity index (χ2n) is 7.24. The van der Waals surface area contributed by atoms with Crippen LogP contribution in [-0.4, -0.2) is 44.1 Å². The van der Waals surface area contributed by atoms with Crippen LogP contribution >= 0.6 is 0 Å². The van der Waals surface area contributed by atoms with Crippen LogP contribution in [0.25, 0.3) is 0 Å². The van der Waals surface area contributed by atoms with E-state index in [9.17, 15) is 9.18 Å². The molecule has 1 N–H and O–H groups in total. The number of nitrogens with one attached hydrogen (secondary N) is 1. The van der Waals surface area contributed by atoms with E-state index in [1.807, 2.05) is 24.3 Å². The van der Waals surface area contributed by atoms with E-state index in [1.165, 1.54) is 12.1 Å². The summed E-state index contributed by atoms with van der Waals surface area (Å²) >= 11 is 0. The minimum absolute atomic E-state index is 0.00646. The predicted octanol–water partition coefficient (Wildman–Crippen LogP) is 3.37. The Morgan fingerprint density at radius 3 is 2.37 bits per heavy atom. The third-order valence-corrected chi connectivity index (χ3v) is 5.25. The van der Waals surface area contributed by atoms with Gasteiger partial charge in [-0.25, -0.2) is 4.39 Å². The van der Waals surface area contributed by atoms with Crippen LogP contribution in [-0.2, 0) is 11.2 Å². The number of nitrogens with zero attached hydrogens (tertiary/aromatic N) is 1. The summed E-state index contributed by atoms with van der Waals surface area (Å²) in [5.41, 5.74) is 1.88. The number of hydrogen-bond acceptors (Lipinski definition) is 3. The van der Waals surface area contributed by atoms with Crippen LogP contribution in [0.1, 0.15) is 29.9 Å². The Hall–Kier alpha value is -2.40. The molecule has 144 valence electrons. The summed E-state index contributed by atoms with van der Waals surface area (Å²) in [6.45, 7) is 1.98. The van der Waals surface area contributed by atoms with Crippen LogP contribution in [0.4, 0.5) is 4.39 Å². The number of likely N-dealkylation sites (tertiary alicyclic amines) is 1. The second-order valence-corrected chi connectivity index (χ2v) is 7.24. The molecule has 5 heteroatoms. The lowest BCUT2D eigenvalue weighted by Gasteiger charge is -2.30. The fourth-order valence-electron chi connectivity index (χ4n) is 3.51. The first-order valence-electron chi connectivity index (χ1n) is 9.42. The maximum atomic E-state index is 13.4. The van der Waals surface area contributed by atoms with E-state index in [1.54, 1.807) is 19.2 Å². The Morgan fingerprint density at radius 1 is 1.15 bits per heavy atom. The number of ether oxygens (including phenoxy) is 1. The van der Waals surface area contributed by atoms with Crippen molar-refractivity contribution in [2.75, 3.05) is 27.2 Å². The van der Waals surface area contributed by atoms with Gasteiger partial charge in [-0.2, -0.15) is 0 Å². The lowest BCUT2D eigenvalue weighted by Crippen LogP contribution is -2.45. The number of halogens is 1. The molecule has 3 rings (SSSR count). The fourth-order valence-corrected chi connectivity index (χ4v) is 3.51. The molecule has 2 aromatic rings. The third kappa shape index (κ3) is 5.30. The molecule has 0 saturated carbocycles. The summed E-state index contributed by atoms with van der Waals surface area (Å²) in [5, 5.41) is 3.21. The molecule has 0 aromatic heterocycles. The van der Waals surface area contributed by atoms with Gasteiger partial charge in [0.05, 0.1) is 13.0 Å². The number of piperidine rings is 1. The van der Waals surface area contributed by atoms with Crippen molar-refractivity contribution in [2.45, 2.75) is 31.2 Å². The summed E-state index contributed by atoms with van der Waals surface area (Å²) in [6.07, 6.45) is 2.48. The predicted molar refractivity (Wildman–Crippen MR) is 105 cm³/mol. The highest BCUT2D eigenvalue weighted by molar-refractivity contribution is 5.84. The highest BCUT2D eigenvalue weighted by Gasteiger charge is 2.25. The molecule has 1 atom stereocenters. The highest BCUT2D eigenvalue weighted by atomic mass is 19.1. The lowest BCUT2D eigenvalue weighted by atomic mass is 9.90. The number of hydrogen-bond donors (Lipinski definition) is 1. The van der Waals surface area contributed by atoms with E-state index in [-0.39, 0.29) is 23.7 Å². The first-order chi connectivity index (χ1) is 13.0. The van der Waals surface area contributed by atoms with E-state index in [0.717, 1.165) is 42.8 Å². The van der Waals surface area contributed by atoms with Crippen molar-refractivity contribution in [2.24, 2.45) is 0 Å². The SMILES string of the molecule is COc1ccc(CC(C(=O)NC2CCN(C)CC2)c2ccc(F)cc2)cc1. The zero-order valence-electron chi connectivity index (χ0n) is 16.0. The molecule has 4 nitrogen and oxygen atoms in total. The maximum absolute atomic E-state index is 13.4. The van der Waals surface area contributed by atoms with Crippen molar-refractivity contribution in [1.29, 1.82) is 0 Å². The van der Waals surface area contributed by atoms with Crippen molar-refractivity contribution < 1.29 is 13.9 Å². The molecule has 1 fully saturated rings. The van der Waals surface area contributed by atoms with Crippen LogP contribution in [0.5, 0.6) is 5.75 Å². The zero-order valence-corrected chi connectivity index (χ0v) is 16.0. The highest BCUT2D eigenvalue weighted by Crippen LogP contribution is 2.24. The van der Waals surface area contributed by atoms with E-state index in [4.69, 9.17) is 4.74 Å². The summed E-state index contributed by atoms with van der Waals surface area (Å²) in [6, 6.07) is 14.2. The number of carbonyl (C=O) groups is 1. The Labute approximate surface area is 160 Å². The summed E-state index contributed by atoms with van der Waals surface area (Å²) < 4.78 is 18.6. The van der Waals surface area contributed by atoms with Gasteiger partial charge in [-0.3, -0.25) is 4.79 Å². The maximum Gasteiger partial charge on any atom is 0.228 e. The van der Waals surface area contributed by atoms with E-state index in [2.05, 4.69) is 17.3 Å². The first-order valence-corrected chi connectivity index (χ1v) is 9.42. The van der Waals surface area contributed by atoms with Crippen LogP contribution in [0.15, 0.2) is 48.5 Å². The van der Waals surface area contributed by atoms with Crippen molar-refractivity contribution in [3.8, 4) is 5.75 Å². The molecule has 27 heavy (non-hydrogen) atoms. The van der Waals surface area contributed by atoms with E-state index < -0.39 is 0 Å². The Morgan fingerprint density at radius 2 is 1.78 bits per heavy atom. The van der Waals surface area contributed by atoms with Gasteiger partial charge in [0.1, 0.15) is 11.6 Å². The third-order valence-electron chi connectivity index (χ3n) is 5.25. The number of rotatable bonds is 6. The van der Waals surface area contributed by atoms with Gasteiger partial charge in [-0.15, -0.1) is 0 Å². The summed E-state index contributed by atoms with van der Waals surface area (Å²) in [7, 11) is 3.73. The molecular formula is C22H27FN2O2. The molecule has 0 bridgehead atoms. The molecule has 1 unspecified atom stereocenters. The molecular weight excluding hydrogens is 343 g/mol. The van der Waals surface area contributed by atoms with Crippen molar-refractivity contribution >= 4 is 5.91 Å². The standard InChI is InChI=1S/C22H27FN2O2/c1-25-13-11-19(12-14-25)24-22(26)21(17-5-7-18(23)8-6-17)15-16-3-9-20(27-2)10-4-16/h3-10,19,21H,11-15H2,1-2H3,(H,24,26). The second kappa shape index (κ2) is 9.00. The Balaban J connectivity index is 1.76. The van der Waals surface area contributed by atoms with Gasteiger partial charge in [-0.1, -0.05) is 24.3 Å². The van der Waals surface area contributed by atoms with Crippen molar-refractivity contribution in [1.82, 2.24) is 10.2 Å². The van der Waals surface area contributed by atoms with Crippen LogP contribution in [0.3, 0.4) is 0 Å². The Kier molecular flexibility index (Phi) is 6.45. The molecule has 1 heterocycles. The molecule has 0 radical (unpaired) electrons. The van der Waals surface area contributed by atoms with Gasteiger partial charge >= 0.3 is 0 Å². The molecule has 1 aliphatic rings. The number of benzene rings is 2. The Bertz CT molecular complexity index is 738. The molecule has 1 saturated heterocycles. The lowest BCUT2D eigenvalue weighted by molar-refractivity contribution is -0.123. The number of amides is 1. The number of methoxy groups -OCH3 is 1. The molecule has 1 amide bonds.